The predicted molar refractivity (Wildman–Crippen MR) is 102 cm³/mol. The van der Waals surface area contributed by atoms with Crippen molar-refractivity contribution in [1.29, 1.82) is 5.26 Å². The number of alkyl halides is 3. The fraction of sp³-hybridized carbons (Fsp3) is 0.300. The van der Waals surface area contributed by atoms with E-state index in [1.165, 1.54) is 30.0 Å². The zero-order valence-electron chi connectivity index (χ0n) is 15.3. The number of hydrogen-bond donors (Lipinski definition) is 1. The van der Waals surface area contributed by atoms with Crippen LogP contribution in [0.2, 0.25) is 0 Å². The van der Waals surface area contributed by atoms with Gasteiger partial charge in [0.1, 0.15) is 11.8 Å². The molecule has 1 atom stereocenters. The maximum Gasteiger partial charge on any atom is 0.418 e. The van der Waals surface area contributed by atoms with Crippen LogP contribution in [0, 0.1) is 11.3 Å². The van der Waals surface area contributed by atoms with Crippen molar-refractivity contribution in [2.75, 3.05) is 11.9 Å². The molecule has 0 bridgehead atoms. The molecule has 148 valence electrons. The molecule has 0 saturated carbocycles. The quantitative estimate of drug-likeness (QED) is 0.616. The van der Waals surface area contributed by atoms with Gasteiger partial charge in [0.2, 0.25) is 0 Å². The van der Waals surface area contributed by atoms with Crippen molar-refractivity contribution in [3.8, 4) is 11.8 Å². The number of amides is 1. The average Bonchev–Trinajstić information content (AvgIpc) is 2.66. The van der Waals surface area contributed by atoms with Gasteiger partial charge in [0.05, 0.1) is 16.8 Å². The Labute approximate surface area is 165 Å². The number of halogens is 3. The van der Waals surface area contributed by atoms with Gasteiger partial charge in [0, 0.05) is 10.1 Å². The molecular weight excluding hydrogens is 389 g/mol. The van der Waals surface area contributed by atoms with E-state index in [-0.39, 0.29) is 22.3 Å². The van der Waals surface area contributed by atoms with Crippen LogP contribution in [0.3, 0.4) is 0 Å². The van der Waals surface area contributed by atoms with Crippen LogP contribution < -0.4 is 10.1 Å². The minimum absolute atomic E-state index is 0.176. The van der Waals surface area contributed by atoms with Gasteiger partial charge in [-0.3, -0.25) is 4.79 Å². The third-order valence-electron chi connectivity index (χ3n) is 3.85. The van der Waals surface area contributed by atoms with Gasteiger partial charge in [-0.05, 0) is 36.8 Å². The van der Waals surface area contributed by atoms with E-state index in [0.29, 0.717) is 4.90 Å². The lowest BCUT2D eigenvalue weighted by Crippen LogP contribution is -2.22. The lowest BCUT2D eigenvalue weighted by molar-refractivity contribution is -0.137. The van der Waals surface area contributed by atoms with Crippen LogP contribution in [-0.4, -0.2) is 17.8 Å². The van der Waals surface area contributed by atoms with Gasteiger partial charge >= 0.3 is 6.18 Å². The monoisotopic (exact) mass is 408 g/mol. The van der Waals surface area contributed by atoms with Crippen molar-refractivity contribution >= 4 is 23.4 Å². The lowest BCUT2D eigenvalue weighted by atomic mass is 10.1. The molecule has 2 aromatic carbocycles. The van der Waals surface area contributed by atoms with Crippen molar-refractivity contribution < 1.29 is 22.7 Å². The van der Waals surface area contributed by atoms with E-state index in [0.717, 1.165) is 12.5 Å². The molecule has 0 aliphatic carbocycles. The number of rotatable bonds is 7. The Morgan fingerprint density at radius 1 is 1.29 bits per heavy atom. The first-order chi connectivity index (χ1) is 13.2. The third-order valence-corrected chi connectivity index (χ3v) is 5.11. The summed E-state index contributed by atoms with van der Waals surface area (Å²) in [7, 11) is 0. The molecule has 0 radical (unpaired) electrons. The maximum absolute atomic E-state index is 13.4. The summed E-state index contributed by atoms with van der Waals surface area (Å²) in [5, 5.41) is 11.4. The second kappa shape index (κ2) is 9.51. The van der Waals surface area contributed by atoms with Gasteiger partial charge in [-0.15, -0.1) is 11.8 Å². The van der Waals surface area contributed by atoms with Gasteiger partial charge < -0.3 is 10.1 Å². The molecule has 0 spiro atoms. The molecule has 0 saturated heterocycles. The van der Waals surface area contributed by atoms with E-state index >= 15 is 0 Å². The third kappa shape index (κ3) is 5.92. The number of nitrogens with zero attached hydrogens (tertiary/aromatic N) is 1. The molecule has 4 nitrogen and oxygen atoms in total. The minimum atomic E-state index is -4.61. The van der Waals surface area contributed by atoms with E-state index in [2.05, 4.69) is 5.32 Å². The Morgan fingerprint density at radius 3 is 2.64 bits per heavy atom. The Morgan fingerprint density at radius 2 is 2.00 bits per heavy atom. The van der Waals surface area contributed by atoms with Crippen molar-refractivity contribution in [1.82, 2.24) is 0 Å². The number of ether oxygens (including phenoxy) is 1. The highest BCUT2D eigenvalue weighted by molar-refractivity contribution is 7.99. The summed E-state index contributed by atoms with van der Waals surface area (Å²) >= 11 is 1.35. The van der Waals surface area contributed by atoms with E-state index in [1.54, 1.807) is 18.2 Å². The summed E-state index contributed by atoms with van der Waals surface area (Å²) in [5.74, 6) is -0.558. The number of anilines is 1. The number of benzene rings is 2. The normalized spacial score (nSPS) is 12.1. The number of carbonyl (C=O) groups excluding carboxylic acids is 1. The second-order valence-corrected chi connectivity index (χ2v) is 7.50. The summed E-state index contributed by atoms with van der Waals surface area (Å²) in [6.45, 7) is 3.38. The Kier molecular flexibility index (Phi) is 7.35. The molecule has 0 heterocycles. The second-order valence-electron chi connectivity index (χ2n) is 5.99. The van der Waals surface area contributed by atoms with Crippen LogP contribution in [0.4, 0.5) is 18.9 Å². The van der Waals surface area contributed by atoms with Crippen LogP contribution in [-0.2, 0) is 11.0 Å². The Hall–Kier alpha value is -2.66. The van der Waals surface area contributed by atoms with Crippen LogP contribution in [0.1, 0.15) is 31.4 Å². The SMILES string of the molecule is CCC(C)Sc1ccc(NC(=O)COc2ccccc2C#N)c(C(F)(F)F)c1. The smallest absolute Gasteiger partial charge is 0.418 e. The van der Waals surface area contributed by atoms with Gasteiger partial charge in [-0.1, -0.05) is 26.0 Å². The summed E-state index contributed by atoms with van der Waals surface area (Å²) in [4.78, 5) is 12.6. The van der Waals surface area contributed by atoms with Crippen molar-refractivity contribution in [3.05, 3.63) is 53.6 Å². The molecule has 0 aliphatic rings. The number of carbonyl (C=O) groups is 1. The topological polar surface area (TPSA) is 62.1 Å². The maximum atomic E-state index is 13.4. The largest absolute Gasteiger partial charge is 0.482 e. The first kappa shape index (κ1) is 21.6. The highest BCUT2D eigenvalue weighted by Gasteiger charge is 2.34. The van der Waals surface area contributed by atoms with Crippen molar-refractivity contribution in [3.63, 3.8) is 0 Å². The molecule has 0 aromatic heterocycles. The molecule has 1 N–H and O–H groups in total. The zero-order chi connectivity index (χ0) is 20.7. The molecule has 2 aromatic rings. The average molecular weight is 408 g/mol. The Bertz CT molecular complexity index is 878. The standard InChI is InChI=1S/C20H19F3N2O2S/c1-3-13(2)28-15-8-9-17(16(10-15)20(21,22)23)25-19(26)12-27-18-7-5-4-6-14(18)11-24/h4-10,13H,3,12H2,1-2H3,(H,25,26). The Balaban J connectivity index is 2.13. The number of nitriles is 1. The molecule has 1 amide bonds. The summed E-state index contributed by atoms with van der Waals surface area (Å²) < 4.78 is 45.5. The highest BCUT2D eigenvalue weighted by atomic mass is 32.2. The van der Waals surface area contributed by atoms with E-state index in [9.17, 15) is 18.0 Å². The van der Waals surface area contributed by atoms with Gasteiger partial charge in [-0.25, -0.2) is 0 Å². The molecule has 8 heteroatoms. The number of thioether (sulfide) groups is 1. The summed E-state index contributed by atoms with van der Waals surface area (Å²) in [6.07, 6.45) is -3.78. The fourth-order valence-electron chi connectivity index (χ4n) is 2.27. The van der Waals surface area contributed by atoms with Gasteiger partial charge in [0.25, 0.3) is 5.91 Å². The molecule has 0 aliphatic heterocycles. The zero-order valence-corrected chi connectivity index (χ0v) is 16.2. The molecule has 2 rings (SSSR count). The van der Waals surface area contributed by atoms with Crippen molar-refractivity contribution in [2.45, 2.75) is 36.6 Å². The van der Waals surface area contributed by atoms with Gasteiger partial charge in [0.15, 0.2) is 6.61 Å². The lowest BCUT2D eigenvalue weighted by Gasteiger charge is -2.16. The van der Waals surface area contributed by atoms with E-state index in [4.69, 9.17) is 10.00 Å². The minimum Gasteiger partial charge on any atom is -0.482 e. The molecule has 28 heavy (non-hydrogen) atoms. The number of hydrogen-bond acceptors (Lipinski definition) is 4. The number of para-hydroxylation sites is 1. The van der Waals surface area contributed by atoms with E-state index < -0.39 is 24.3 Å². The van der Waals surface area contributed by atoms with Crippen LogP contribution in [0.15, 0.2) is 47.4 Å². The highest BCUT2D eigenvalue weighted by Crippen LogP contribution is 2.38. The molecule has 0 fully saturated rings. The summed E-state index contributed by atoms with van der Waals surface area (Å²) in [5.41, 5.74) is -1.01. The molecule has 1 unspecified atom stereocenters. The van der Waals surface area contributed by atoms with Crippen LogP contribution in [0.25, 0.3) is 0 Å². The first-order valence-electron chi connectivity index (χ1n) is 8.54. The van der Waals surface area contributed by atoms with Crippen LogP contribution >= 0.6 is 11.8 Å². The summed E-state index contributed by atoms with van der Waals surface area (Å²) in [6, 6.07) is 12.0. The predicted octanol–water partition coefficient (Wildman–Crippen LogP) is 5.49. The fourth-order valence-corrected chi connectivity index (χ4v) is 3.23. The van der Waals surface area contributed by atoms with Crippen molar-refractivity contribution in [2.24, 2.45) is 0 Å². The first-order valence-corrected chi connectivity index (χ1v) is 9.42. The van der Waals surface area contributed by atoms with Gasteiger partial charge in [-0.2, -0.15) is 18.4 Å². The van der Waals surface area contributed by atoms with E-state index in [1.807, 2.05) is 19.9 Å². The molecular formula is C20H19F3N2O2S. The number of nitrogens with one attached hydrogen (secondary N) is 1. The van der Waals surface area contributed by atoms with Crippen LogP contribution in [0.5, 0.6) is 5.75 Å².